The van der Waals surface area contributed by atoms with E-state index in [1.807, 2.05) is 13.8 Å². The summed E-state index contributed by atoms with van der Waals surface area (Å²) < 4.78 is 28.5. The summed E-state index contributed by atoms with van der Waals surface area (Å²) >= 11 is 0. The Morgan fingerprint density at radius 3 is 2.62 bits per heavy atom. The lowest BCUT2D eigenvalue weighted by atomic mass is 9.99. The second kappa shape index (κ2) is 6.35. The maximum atomic E-state index is 13.9. The average Bonchev–Trinajstić information content (AvgIpc) is 2.71. The molecule has 114 valence electrons. The lowest BCUT2D eigenvalue weighted by molar-refractivity contribution is 0.572. The van der Waals surface area contributed by atoms with Gasteiger partial charge in [-0.1, -0.05) is 13.8 Å². The van der Waals surface area contributed by atoms with Crippen LogP contribution in [0.3, 0.4) is 0 Å². The van der Waals surface area contributed by atoms with Crippen molar-refractivity contribution in [2.45, 2.75) is 33.6 Å². The summed E-state index contributed by atoms with van der Waals surface area (Å²) in [5, 5.41) is 7.73. The van der Waals surface area contributed by atoms with E-state index in [0.717, 1.165) is 36.1 Å². The average molecular weight is 293 g/mol. The lowest BCUT2D eigenvalue weighted by Crippen LogP contribution is -2.20. The molecule has 0 aliphatic carbocycles. The molecule has 1 N–H and O–H groups in total. The molecule has 0 radical (unpaired) electrons. The fourth-order valence-electron chi connectivity index (χ4n) is 2.72. The van der Waals surface area contributed by atoms with Gasteiger partial charge in [-0.05, 0) is 38.4 Å². The largest absolute Gasteiger partial charge is 0.316 e. The van der Waals surface area contributed by atoms with Crippen molar-refractivity contribution in [2.75, 3.05) is 13.1 Å². The fraction of sp³-hybridized carbons (Fsp3) is 0.438. The summed E-state index contributed by atoms with van der Waals surface area (Å²) in [5.74, 6) is -0.910. The highest BCUT2D eigenvalue weighted by molar-refractivity contribution is 5.39. The number of likely N-dealkylation sites (N-methyl/N-ethyl adjacent to an activating group) is 1. The van der Waals surface area contributed by atoms with Crippen molar-refractivity contribution < 1.29 is 8.78 Å². The van der Waals surface area contributed by atoms with Gasteiger partial charge in [0.05, 0.1) is 5.69 Å². The monoisotopic (exact) mass is 293 g/mol. The van der Waals surface area contributed by atoms with Gasteiger partial charge in [0.1, 0.15) is 11.5 Å². The van der Waals surface area contributed by atoms with Crippen LogP contribution in [0.4, 0.5) is 8.78 Å². The highest BCUT2D eigenvalue weighted by atomic mass is 19.1. The minimum atomic E-state index is -0.605. The summed E-state index contributed by atoms with van der Waals surface area (Å²) in [6.07, 6.45) is 0. The van der Waals surface area contributed by atoms with Crippen molar-refractivity contribution in [3.63, 3.8) is 0 Å². The first-order chi connectivity index (χ1) is 9.95. The van der Waals surface area contributed by atoms with Crippen LogP contribution in [0.1, 0.15) is 36.7 Å². The van der Waals surface area contributed by atoms with Crippen molar-refractivity contribution in [1.29, 1.82) is 0 Å². The van der Waals surface area contributed by atoms with Gasteiger partial charge in [-0.15, -0.1) is 0 Å². The van der Waals surface area contributed by atoms with Crippen molar-refractivity contribution in [3.8, 4) is 5.69 Å². The first kappa shape index (κ1) is 15.6. The zero-order valence-corrected chi connectivity index (χ0v) is 12.9. The van der Waals surface area contributed by atoms with Crippen LogP contribution < -0.4 is 5.32 Å². The normalized spacial score (nSPS) is 12.7. The van der Waals surface area contributed by atoms with Crippen LogP contribution >= 0.6 is 0 Å². The molecule has 0 fully saturated rings. The number of nitrogens with zero attached hydrogens (tertiary/aromatic N) is 2. The standard InChI is InChI=1S/C16H21F2N3/c1-5-19-9-10(2)16-11(3)20-21(12(16)4)15-7-6-13(17)8-14(15)18/h6-8,10,19H,5,9H2,1-4H3. The Balaban J connectivity index is 2.43. The molecule has 1 heterocycles. The van der Waals surface area contributed by atoms with Gasteiger partial charge in [-0.3, -0.25) is 0 Å². The molecule has 1 atom stereocenters. The minimum Gasteiger partial charge on any atom is -0.316 e. The molecule has 0 amide bonds. The summed E-state index contributed by atoms with van der Waals surface area (Å²) in [5.41, 5.74) is 3.16. The van der Waals surface area contributed by atoms with Crippen LogP contribution in [0.15, 0.2) is 18.2 Å². The minimum absolute atomic E-state index is 0.277. The van der Waals surface area contributed by atoms with Crippen molar-refractivity contribution >= 4 is 0 Å². The van der Waals surface area contributed by atoms with Crippen LogP contribution in [0.2, 0.25) is 0 Å². The Morgan fingerprint density at radius 1 is 1.29 bits per heavy atom. The molecule has 0 saturated heterocycles. The van der Waals surface area contributed by atoms with Crippen LogP contribution in [0.25, 0.3) is 5.69 Å². The van der Waals surface area contributed by atoms with Crippen molar-refractivity contribution in [3.05, 3.63) is 46.8 Å². The number of benzene rings is 1. The van der Waals surface area contributed by atoms with Crippen molar-refractivity contribution in [2.24, 2.45) is 0 Å². The van der Waals surface area contributed by atoms with E-state index in [2.05, 4.69) is 24.3 Å². The van der Waals surface area contributed by atoms with Crippen molar-refractivity contribution in [1.82, 2.24) is 15.1 Å². The quantitative estimate of drug-likeness (QED) is 0.914. The van der Waals surface area contributed by atoms with Gasteiger partial charge in [0.2, 0.25) is 0 Å². The van der Waals surface area contributed by atoms with Gasteiger partial charge in [0.25, 0.3) is 0 Å². The lowest BCUT2D eigenvalue weighted by Gasteiger charge is -2.13. The maximum Gasteiger partial charge on any atom is 0.151 e. The molecular formula is C16H21F2N3. The Morgan fingerprint density at radius 2 is 2.00 bits per heavy atom. The molecule has 2 aromatic rings. The number of aryl methyl sites for hydroxylation is 1. The van der Waals surface area contributed by atoms with Crippen LogP contribution in [-0.2, 0) is 0 Å². The second-order valence-electron chi connectivity index (χ2n) is 5.30. The van der Waals surface area contributed by atoms with Gasteiger partial charge in [0, 0.05) is 23.9 Å². The van der Waals surface area contributed by atoms with Crippen LogP contribution in [0.5, 0.6) is 0 Å². The molecule has 2 rings (SSSR count). The molecule has 3 nitrogen and oxygen atoms in total. The topological polar surface area (TPSA) is 29.9 Å². The van der Waals surface area contributed by atoms with Crippen LogP contribution in [0, 0.1) is 25.5 Å². The molecule has 0 saturated carbocycles. The van der Waals surface area contributed by atoms with E-state index in [0.29, 0.717) is 0 Å². The SMILES string of the molecule is CCNCC(C)c1c(C)nn(-c2ccc(F)cc2F)c1C. The molecule has 0 aliphatic heterocycles. The Bertz CT molecular complexity index is 635. The first-order valence-corrected chi connectivity index (χ1v) is 7.18. The molecule has 0 aliphatic rings. The third kappa shape index (κ3) is 3.13. The highest BCUT2D eigenvalue weighted by Gasteiger charge is 2.19. The number of halogens is 2. The number of hydrogen-bond donors (Lipinski definition) is 1. The predicted octanol–water partition coefficient (Wildman–Crippen LogP) is 3.48. The van der Waals surface area contributed by atoms with E-state index in [1.165, 1.54) is 12.1 Å². The Hall–Kier alpha value is -1.75. The van der Waals surface area contributed by atoms with Crippen LogP contribution in [-0.4, -0.2) is 22.9 Å². The molecule has 21 heavy (non-hydrogen) atoms. The van der Waals surface area contributed by atoms with E-state index in [-0.39, 0.29) is 11.6 Å². The number of rotatable bonds is 5. The molecule has 0 bridgehead atoms. The first-order valence-electron chi connectivity index (χ1n) is 7.18. The highest BCUT2D eigenvalue weighted by Crippen LogP contribution is 2.26. The van der Waals surface area contributed by atoms with Gasteiger partial charge < -0.3 is 5.32 Å². The summed E-state index contributed by atoms with van der Waals surface area (Å²) in [7, 11) is 0. The molecule has 1 unspecified atom stereocenters. The van der Waals surface area contributed by atoms with E-state index in [4.69, 9.17) is 0 Å². The molecule has 0 spiro atoms. The van der Waals surface area contributed by atoms with E-state index in [1.54, 1.807) is 4.68 Å². The summed E-state index contributed by atoms with van der Waals surface area (Å²) in [6.45, 7) is 9.76. The molecular weight excluding hydrogens is 272 g/mol. The molecule has 5 heteroatoms. The smallest absolute Gasteiger partial charge is 0.151 e. The van der Waals surface area contributed by atoms with Gasteiger partial charge >= 0.3 is 0 Å². The van der Waals surface area contributed by atoms with E-state index >= 15 is 0 Å². The second-order valence-corrected chi connectivity index (χ2v) is 5.30. The zero-order chi connectivity index (χ0) is 15.6. The fourth-order valence-corrected chi connectivity index (χ4v) is 2.72. The third-order valence-electron chi connectivity index (χ3n) is 3.68. The summed E-state index contributed by atoms with van der Waals surface area (Å²) in [6, 6.07) is 3.55. The summed E-state index contributed by atoms with van der Waals surface area (Å²) in [4.78, 5) is 0. The maximum absolute atomic E-state index is 13.9. The number of hydrogen-bond acceptors (Lipinski definition) is 2. The third-order valence-corrected chi connectivity index (χ3v) is 3.68. The van der Waals surface area contributed by atoms with E-state index < -0.39 is 11.6 Å². The van der Waals surface area contributed by atoms with Gasteiger partial charge in [-0.2, -0.15) is 5.10 Å². The molecule has 1 aromatic carbocycles. The zero-order valence-electron chi connectivity index (χ0n) is 12.9. The Labute approximate surface area is 124 Å². The number of nitrogens with one attached hydrogen (secondary N) is 1. The predicted molar refractivity (Wildman–Crippen MR) is 79.9 cm³/mol. The van der Waals surface area contributed by atoms with Gasteiger partial charge in [-0.25, -0.2) is 13.5 Å². The molecule has 1 aromatic heterocycles. The number of aromatic nitrogens is 2. The van der Waals surface area contributed by atoms with E-state index in [9.17, 15) is 8.78 Å². The van der Waals surface area contributed by atoms with Gasteiger partial charge in [0.15, 0.2) is 5.82 Å². The Kier molecular flexibility index (Phi) is 4.73.